The van der Waals surface area contributed by atoms with E-state index in [0.29, 0.717) is 24.4 Å². The van der Waals surface area contributed by atoms with Gasteiger partial charge in [-0.15, -0.1) is 0 Å². The van der Waals surface area contributed by atoms with Gasteiger partial charge in [-0.1, -0.05) is 49.6 Å². The Morgan fingerprint density at radius 3 is 2.48 bits per heavy atom. The molecule has 0 unspecified atom stereocenters. The van der Waals surface area contributed by atoms with Crippen LogP contribution in [0.3, 0.4) is 0 Å². The SMILES string of the molecule is NC[C@@H]1C[C@@H]1C(=O)N(Cc1ccccc1)C1CCCCC1. The topological polar surface area (TPSA) is 46.3 Å². The molecule has 2 aliphatic carbocycles. The van der Waals surface area contributed by atoms with E-state index in [4.69, 9.17) is 5.73 Å². The Balaban J connectivity index is 1.72. The molecule has 0 bridgehead atoms. The van der Waals surface area contributed by atoms with Crippen LogP contribution >= 0.6 is 0 Å². The lowest BCUT2D eigenvalue weighted by atomic mass is 9.93. The Hall–Kier alpha value is -1.35. The Kier molecular flexibility index (Phi) is 4.59. The van der Waals surface area contributed by atoms with Gasteiger partial charge in [-0.25, -0.2) is 0 Å². The zero-order valence-electron chi connectivity index (χ0n) is 12.7. The van der Waals surface area contributed by atoms with Crippen molar-refractivity contribution in [3.8, 4) is 0 Å². The number of carbonyl (C=O) groups excluding carboxylic acids is 1. The molecule has 2 atom stereocenters. The van der Waals surface area contributed by atoms with E-state index in [1.807, 2.05) is 6.07 Å². The van der Waals surface area contributed by atoms with E-state index in [-0.39, 0.29) is 5.92 Å². The fraction of sp³-hybridized carbons (Fsp3) is 0.611. The minimum absolute atomic E-state index is 0.195. The fourth-order valence-electron chi connectivity index (χ4n) is 3.58. The quantitative estimate of drug-likeness (QED) is 0.904. The van der Waals surface area contributed by atoms with Gasteiger partial charge < -0.3 is 10.6 Å². The second kappa shape index (κ2) is 6.61. The number of rotatable bonds is 5. The van der Waals surface area contributed by atoms with E-state index in [0.717, 1.165) is 13.0 Å². The summed E-state index contributed by atoms with van der Waals surface area (Å²) in [5.41, 5.74) is 6.96. The third-order valence-electron chi connectivity index (χ3n) is 5.04. The fourth-order valence-corrected chi connectivity index (χ4v) is 3.58. The maximum Gasteiger partial charge on any atom is 0.226 e. The third kappa shape index (κ3) is 3.46. The Bertz CT molecular complexity index is 467. The van der Waals surface area contributed by atoms with Crippen LogP contribution in [-0.2, 0) is 11.3 Å². The second-order valence-electron chi connectivity index (χ2n) is 6.58. The van der Waals surface area contributed by atoms with E-state index < -0.39 is 0 Å². The first-order valence-electron chi connectivity index (χ1n) is 8.34. The summed E-state index contributed by atoms with van der Waals surface area (Å²) >= 11 is 0. The Morgan fingerprint density at radius 2 is 1.86 bits per heavy atom. The van der Waals surface area contributed by atoms with Gasteiger partial charge in [-0.3, -0.25) is 4.79 Å². The van der Waals surface area contributed by atoms with Crippen molar-refractivity contribution in [3.05, 3.63) is 35.9 Å². The standard InChI is InChI=1S/C18H26N2O/c19-12-15-11-17(15)18(21)20(16-9-5-2-6-10-16)13-14-7-3-1-4-8-14/h1,3-4,7-8,15-17H,2,5-6,9-13,19H2/t15-,17-/m0/s1. The highest BCUT2D eigenvalue weighted by molar-refractivity contribution is 5.82. The van der Waals surface area contributed by atoms with E-state index in [9.17, 15) is 4.79 Å². The number of hydrogen-bond acceptors (Lipinski definition) is 2. The van der Waals surface area contributed by atoms with Crippen molar-refractivity contribution in [2.75, 3.05) is 6.54 Å². The summed E-state index contributed by atoms with van der Waals surface area (Å²) in [7, 11) is 0. The van der Waals surface area contributed by atoms with Gasteiger partial charge in [-0.05, 0) is 37.3 Å². The van der Waals surface area contributed by atoms with Crippen molar-refractivity contribution in [1.82, 2.24) is 4.90 Å². The predicted molar refractivity (Wildman–Crippen MR) is 84.5 cm³/mol. The molecule has 0 radical (unpaired) electrons. The third-order valence-corrected chi connectivity index (χ3v) is 5.04. The highest BCUT2D eigenvalue weighted by atomic mass is 16.2. The molecule has 2 N–H and O–H groups in total. The van der Waals surface area contributed by atoms with Crippen molar-refractivity contribution >= 4 is 5.91 Å². The molecule has 2 fully saturated rings. The van der Waals surface area contributed by atoms with E-state index in [1.54, 1.807) is 0 Å². The number of nitrogens with zero attached hydrogens (tertiary/aromatic N) is 1. The lowest BCUT2D eigenvalue weighted by molar-refractivity contribution is -0.136. The van der Waals surface area contributed by atoms with Gasteiger partial charge in [0.05, 0.1) is 0 Å². The van der Waals surface area contributed by atoms with Crippen molar-refractivity contribution in [1.29, 1.82) is 0 Å². The van der Waals surface area contributed by atoms with Crippen LogP contribution in [0.2, 0.25) is 0 Å². The first-order valence-corrected chi connectivity index (χ1v) is 8.34. The molecular weight excluding hydrogens is 260 g/mol. The molecule has 21 heavy (non-hydrogen) atoms. The number of carbonyl (C=O) groups is 1. The maximum atomic E-state index is 12.8. The molecular formula is C18H26N2O. The summed E-state index contributed by atoms with van der Waals surface area (Å²) in [6, 6.07) is 10.8. The first-order chi connectivity index (χ1) is 10.3. The highest BCUT2D eigenvalue weighted by Gasteiger charge is 2.45. The van der Waals surface area contributed by atoms with Gasteiger partial charge in [0.2, 0.25) is 5.91 Å². The zero-order chi connectivity index (χ0) is 14.7. The number of nitrogens with two attached hydrogens (primary N) is 1. The summed E-state index contributed by atoms with van der Waals surface area (Å²) in [6.07, 6.45) is 7.16. The molecule has 1 aromatic carbocycles. The van der Waals surface area contributed by atoms with Crippen LogP contribution in [0.1, 0.15) is 44.1 Å². The van der Waals surface area contributed by atoms with E-state index >= 15 is 0 Å². The zero-order valence-corrected chi connectivity index (χ0v) is 12.7. The normalized spacial score (nSPS) is 25.6. The van der Waals surface area contributed by atoms with Gasteiger partial charge >= 0.3 is 0 Å². The Morgan fingerprint density at radius 1 is 1.14 bits per heavy atom. The minimum atomic E-state index is 0.195. The smallest absolute Gasteiger partial charge is 0.226 e. The van der Waals surface area contributed by atoms with Crippen LogP contribution in [0.25, 0.3) is 0 Å². The monoisotopic (exact) mass is 286 g/mol. The molecule has 3 nitrogen and oxygen atoms in total. The highest BCUT2D eigenvalue weighted by Crippen LogP contribution is 2.40. The van der Waals surface area contributed by atoms with Crippen LogP contribution in [0.15, 0.2) is 30.3 Å². The minimum Gasteiger partial charge on any atom is -0.335 e. The number of benzene rings is 1. The lowest BCUT2D eigenvalue weighted by Crippen LogP contribution is -2.42. The lowest BCUT2D eigenvalue weighted by Gasteiger charge is -2.35. The van der Waals surface area contributed by atoms with Crippen LogP contribution in [0.4, 0.5) is 0 Å². The molecule has 3 heteroatoms. The molecule has 0 heterocycles. The van der Waals surface area contributed by atoms with Crippen molar-refractivity contribution in [2.24, 2.45) is 17.6 Å². The molecule has 114 valence electrons. The molecule has 0 aliphatic heterocycles. The molecule has 2 aliphatic rings. The Labute approximate surface area is 127 Å². The average Bonchev–Trinajstić information content (AvgIpc) is 3.33. The summed E-state index contributed by atoms with van der Waals surface area (Å²) < 4.78 is 0. The van der Waals surface area contributed by atoms with E-state index in [2.05, 4.69) is 29.2 Å². The van der Waals surface area contributed by atoms with Crippen molar-refractivity contribution < 1.29 is 4.79 Å². The van der Waals surface area contributed by atoms with E-state index in [1.165, 1.54) is 37.7 Å². The molecule has 1 amide bonds. The second-order valence-corrected chi connectivity index (χ2v) is 6.58. The average molecular weight is 286 g/mol. The number of amides is 1. The van der Waals surface area contributed by atoms with Crippen LogP contribution < -0.4 is 5.73 Å². The molecule has 0 saturated heterocycles. The molecule has 0 spiro atoms. The van der Waals surface area contributed by atoms with Crippen LogP contribution in [-0.4, -0.2) is 23.4 Å². The molecule has 3 rings (SSSR count). The van der Waals surface area contributed by atoms with Gasteiger partial charge in [0.25, 0.3) is 0 Å². The predicted octanol–water partition coefficient (Wildman–Crippen LogP) is 2.94. The largest absolute Gasteiger partial charge is 0.335 e. The van der Waals surface area contributed by atoms with Crippen LogP contribution in [0, 0.1) is 11.8 Å². The maximum absolute atomic E-state index is 12.8. The van der Waals surface area contributed by atoms with Gasteiger partial charge in [0.15, 0.2) is 0 Å². The summed E-state index contributed by atoms with van der Waals surface area (Å²) in [6.45, 7) is 1.42. The van der Waals surface area contributed by atoms with Crippen molar-refractivity contribution in [3.63, 3.8) is 0 Å². The molecule has 0 aromatic heterocycles. The molecule has 1 aromatic rings. The van der Waals surface area contributed by atoms with Crippen molar-refractivity contribution in [2.45, 2.75) is 51.1 Å². The van der Waals surface area contributed by atoms with Crippen LogP contribution in [0.5, 0.6) is 0 Å². The first kappa shape index (κ1) is 14.6. The van der Waals surface area contributed by atoms with Gasteiger partial charge in [-0.2, -0.15) is 0 Å². The summed E-state index contributed by atoms with van der Waals surface area (Å²) in [5.74, 6) is 0.973. The summed E-state index contributed by atoms with van der Waals surface area (Å²) in [5, 5.41) is 0. The van der Waals surface area contributed by atoms with Gasteiger partial charge in [0, 0.05) is 18.5 Å². The molecule has 2 saturated carbocycles. The number of hydrogen-bond donors (Lipinski definition) is 1. The summed E-state index contributed by atoms with van der Waals surface area (Å²) in [4.78, 5) is 15.0. The van der Waals surface area contributed by atoms with Gasteiger partial charge in [0.1, 0.15) is 0 Å².